The molecule has 0 saturated carbocycles. The molecule has 0 aliphatic rings. The van der Waals surface area contributed by atoms with Crippen molar-refractivity contribution in [2.24, 2.45) is 0 Å². The van der Waals surface area contributed by atoms with Gasteiger partial charge in [-0.15, -0.1) is 0 Å². The average molecular weight is 462 g/mol. The third-order valence-electron chi connectivity index (χ3n) is 6.88. The van der Waals surface area contributed by atoms with Gasteiger partial charge in [0, 0.05) is 29.5 Å². The first-order chi connectivity index (χ1) is 17.8. The number of hydrogen-bond donors (Lipinski definition) is 0. The Morgan fingerprint density at radius 3 is 1.64 bits per heavy atom. The first-order valence-corrected chi connectivity index (χ1v) is 12.3. The van der Waals surface area contributed by atoms with Gasteiger partial charge in [0.05, 0.1) is 0 Å². The third kappa shape index (κ3) is 4.16. The van der Waals surface area contributed by atoms with Crippen LogP contribution in [0.4, 0.5) is 11.4 Å². The van der Waals surface area contributed by atoms with Gasteiger partial charge in [-0.05, 0) is 57.3 Å². The van der Waals surface area contributed by atoms with Crippen molar-refractivity contribution in [1.82, 2.24) is 0 Å². The van der Waals surface area contributed by atoms with Crippen LogP contribution in [0.3, 0.4) is 0 Å². The summed E-state index contributed by atoms with van der Waals surface area (Å²) in [6.45, 7) is 0. The zero-order chi connectivity index (χ0) is 24.3. The molecule has 36 heavy (non-hydrogen) atoms. The molecule has 0 aliphatic carbocycles. The van der Waals surface area contributed by atoms with Crippen molar-refractivity contribution >= 4 is 22.1 Å². The molecule has 0 saturated heterocycles. The molecule has 0 fully saturated rings. The summed E-state index contributed by atoms with van der Waals surface area (Å²) in [5, 5.41) is 2.52. The van der Waals surface area contributed by atoms with E-state index in [0.29, 0.717) is 0 Å². The minimum Gasteiger partial charge on any atom is -0.344 e. The van der Waals surface area contributed by atoms with Gasteiger partial charge in [0.2, 0.25) is 0 Å². The lowest BCUT2D eigenvalue weighted by atomic mass is 9.95. The molecular formula is C35H27N. The molecule has 0 heterocycles. The van der Waals surface area contributed by atoms with Crippen LogP contribution < -0.4 is 4.90 Å². The second kappa shape index (κ2) is 9.56. The van der Waals surface area contributed by atoms with E-state index < -0.39 is 0 Å². The molecule has 1 nitrogen and oxygen atoms in total. The normalized spacial score (nSPS) is 10.9. The van der Waals surface area contributed by atoms with Crippen LogP contribution in [-0.4, -0.2) is 7.05 Å². The maximum Gasteiger partial charge on any atom is 0.0488 e. The maximum absolute atomic E-state index is 2.33. The minimum atomic E-state index is 1.18. The molecule has 0 spiro atoms. The lowest BCUT2D eigenvalue weighted by Crippen LogP contribution is -2.12. The highest BCUT2D eigenvalue weighted by atomic mass is 15.1. The van der Waals surface area contributed by atoms with Crippen LogP contribution in [-0.2, 0) is 0 Å². The summed E-state index contributed by atoms with van der Waals surface area (Å²) in [5.41, 5.74) is 9.66. The van der Waals surface area contributed by atoms with E-state index in [1.54, 1.807) is 0 Å². The van der Waals surface area contributed by atoms with Crippen LogP contribution in [0.5, 0.6) is 0 Å². The van der Waals surface area contributed by atoms with Gasteiger partial charge < -0.3 is 4.90 Å². The Labute approximate surface area is 212 Å². The Balaban J connectivity index is 1.49. The van der Waals surface area contributed by atoms with Crippen molar-refractivity contribution in [2.45, 2.75) is 0 Å². The monoisotopic (exact) mass is 461 g/mol. The van der Waals surface area contributed by atoms with Gasteiger partial charge in [-0.25, -0.2) is 0 Å². The van der Waals surface area contributed by atoms with E-state index in [1.165, 1.54) is 55.5 Å². The predicted octanol–water partition coefficient (Wildman–Crippen LogP) is 9.61. The van der Waals surface area contributed by atoms with Gasteiger partial charge in [-0.2, -0.15) is 0 Å². The fourth-order valence-corrected chi connectivity index (χ4v) is 4.98. The first kappa shape index (κ1) is 21.9. The molecule has 6 aromatic carbocycles. The van der Waals surface area contributed by atoms with Gasteiger partial charge in [0.1, 0.15) is 0 Å². The molecule has 172 valence electrons. The molecule has 0 radical (unpaired) electrons. The van der Waals surface area contributed by atoms with Crippen LogP contribution >= 0.6 is 0 Å². The lowest BCUT2D eigenvalue weighted by Gasteiger charge is -2.26. The van der Waals surface area contributed by atoms with Crippen LogP contribution in [0.15, 0.2) is 146 Å². The van der Waals surface area contributed by atoms with Gasteiger partial charge >= 0.3 is 0 Å². The molecule has 0 bridgehead atoms. The number of hydrogen-bond acceptors (Lipinski definition) is 1. The Kier molecular flexibility index (Phi) is 5.81. The fourth-order valence-electron chi connectivity index (χ4n) is 4.98. The number of benzene rings is 6. The predicted molar refractivity (Wildman–Crippen MR) is 155 cm³/mol. The second-order valence-corrected chi connectivity index (χ2v) is 9.10. The quantitative estimate of drug-likeness (QED) is 0.247. The van der Waals surface area contributed by atoms with Gasteiger partial charge in [0.15, 0.2) is 0 Å². The van der Waals surface area contributed by atoms with Crippen molar-refractivity contribution < 1.29 is 0 Å². The van der Waals surface area contributed by atoms with E-state index >= 15 is 0 Å². The molecule has 0 aromatic heterocycles. The van der Waals surface area contributed by atoms with Crippen LogP contribution in [0, 0.1) is 0 Å². The summed E-state index contributed by atoms with van der Waals surface area (Å²) in [6, 6.07) is 52.0. The summed E-state index contributed by atoms with van der Waals surface area (Å²) < 4.78 is 0. The first-order valence-electron chi connectivity index (χ1n) is 12.3. The minimum absolute atomic E-state index is 1.18. The number of fused-ring (bicyclic) bond motifs is 1. The van der Waals surface area contributed by atoms with Crippen LogP contribution in [0.25, 0.3) is 44.2 Å². The van der Waals surface area contributed by atoms with Crippen LogP contribution in [0.1, 0.15) is 0 Å². The highest BCUT2D eigenvalue weighted by Crippen LogP contribution is 2.40. The summed E-state index contributed by atoms with van der Waals surface area (Å²) >= 11 is 0. The lowest BCUT2D eigenvalue weighted by molar-refractivity contribution is 1.21. The van der Waals surface area contributed by atoms with Crippen molar-refractivity contribution in [3.63, 3.8) is 0 Å². The van der Waals surface area contributed by atoms with E-state index in [0.717, 1.165) is 0 Å². The average Bonchev–Trinajstić information content (AvgIpc) is 2.97. The van der Waals surface area contributed by atoms with Crippen molar-refractivity contribution in [3.8, 4) is 33.4 Å². The van der Waals surface area contributed by atoms with E-state index in [-0.39, 0.29) is 0 Å². The standard InChI is InChI=1S/C35H27N/c1-36(34-19-11-10-18-32(34)27-13-4-2-5-14-27)35-23-22-31(25-33(35)28-15-6-3-7-16-28)30-21-20-26-12-8-9-17-29(26)24-30/h2-25H,1H3. The molecule has 0 amide bonds. The molecule has 6 aromatic rings. The molecule has 0 N–H and O–H groups in total. The van der Waals surface area contributed by atoms with E-state index in [1.807, 2.05) is 0 Å². The Morgan fingerprint density at radius 1 is 0.361 bits per heavy atom. The summed E-state index contributed by atoms with van der Waals surface area (Å²) in [5.74, 6) is 0. The molecular weight excluding hydrogens is 434 g/mol. The number of rotatable bonds is 5. The number of anilines is 2. The highest BCUT2D eigenvalue weighted by Gasteiger charge is 2.16. The SMILES string of the molecule is CN(c1ccccc1-c1ccccc1)c1ccc(-c2ccc3ccccc3c2)cc1-c1ccccc1. The second-order valence-electron chi connectivity index (χ2n) is 9.10. The molecule has 1 heteroatoms. The van der Waals surface area contributed by atoms with Gasteiger partial charge in [-0.3, -0.25) is 0 Å². The van der Waals surface area contributed by atoms with Crippen LogP contribution in [0.2, 0.25) is 0 Å². The smallest absolute Gasteiger partial charge is 0.0488 e. The zero-order valence-electron chi connectivity index (χ0n) is 20.3. The molecule has 6 rings (SSSR count). The van der Waals surface area contributed by atoms with Gasteiger partial charge in [-0.1, -0.05) is 121 Å². The fraction of sp³-hybridized carbons (Fsp3) is 0.0286. The molecule has 0 unspecified atom stereocenters. The summed E-state index contributed by atoms with van der Waals surface area (Å²) in [4.78, 5) is 2.31. The number of nitrogens with zero attached hydrogens (tertiary/aromatic N) is 1. The van der Waals surface area contributed by atoms with E-state index in [2.05, 4.69) is 158 Å². The zero-order valence-corrected chi connectivity index (χ0v) is 20.3. The van der Waals surface area contributed by atoms with E-state index in [9.17, 15) is 0 Å². The largest absolute Gasteiger partial charge is 0.344 e. The third-order valence-corrected chi connectivity index (χ3v) is 6.88. The van der Waals surface area contributed by atoms with Gasteiger partial charge in [0.25, 0.3) is 0 Å². The highest BCUT2D eigenvalue weighted by molar-refractivity contribution is 5.92. The summed E-state index contributed by atoms with van der Waals surface area (Å²) in [6.07, 6.45) is 0. The number of para-hydroxylation sites is 1. The van der Waals surface area contributed by atoms with E-state index in [4.69, 9.17) is 0 Å². The molecule has 0 atom stereocenters. The molecule has 0 aliphatic heterocycles. The van der Waals surface area contributed by atoms with Crippen molar-refractivity contribution in [1.29, 1.82) is 0 Å². The maximum atomic E-state index is 2.33. The van der Waals surface area contributed by atoms with Crippen molar-refractivity contribution in [2.75, 3.05) is 11.9 Å². The Hall–Kier alpha value is -4.62. The topological polar surface area (TPSA) is 3.24 Å². The van der Waals surface area contributed by atoms with Crippen molar-refractivity contribution in [3.05, 3.63) is 146 Å². The Morgan fingerprint density at radius 2 is 0.889 bits per heavy atom. The summed E-state index contributed by atoms with van der Waals surface area (Å²) in [7, 11) is 2.17. The Bertz CT molecular complexity index is 1630.